The van der Waals surface area contributed by atoms with Crippen molar-refractivity contribution in [3.63, 3.8) is 0 Å². The highest BCUT2D eigenvalue weighted by atomic mass is 32.1. The maximum Gasteiger partial charge on any atom is 0.260 e. The third-order valence-corrected chi connectivity index (χ3v) is 6.51. The summed E-state index contributed by atoms with van der Waals surface area (Å²) in [5.74, 6) is 0.0195. The summed E-state index contributed by atoms with van der Waals surface area (Å²) < 4.78 is 6.61. The molecule has 2 aromatic carbocycles. The van der Waals surface area contributed by atoms with Gasteiger partial charge in [-0.2, -0.15) is 0 Å². The average Bonchev–Trinajstić information content (AvgIpc) is 3.13. The molecule has 0 aliphatic carbocycles. The van der Waals surface area contributed by atoms with Gasteiger partial charge in [0.1, 0.15) is 13.1 Å². The zero-order chi connectivity index (χ0) is 20.4. The molecule has 0 unspecified atom stereocenters. The third kappa shape index (κ3) is 4.50. The number of fused-ring (bicyclic) bond motifs is 1. The smallest absolute Gasteiger partial charge is 0.260 e. The molecule has 2 heterocycles. The summed E-state index contributed by atoms with van der Waals surface area (Å²) >= 11 is 1.61. The summed E-state index contributed by atoms with van der Waals surface area (Å²) in [6.45, 7) is 11.3. The fourth-order valence-electron chi connectivity index (χ4n) is 3.79. The van der Waals surface area contributed by atoms with E-state index in [0.29, 0.717) is 12.1 Å². The molecule has 1 aliphatic heterocycles. The summed E-state index contributed by atoms with van der Waals surface area (Å²) in [6, 6.07) is 12.1. The lowest BCUT2D eigenvalue weighted by atomic mass is 10.1. The summed E-state index contributed by atoms with van der Waals surface area (Å²) in [5, 5.41) is 0.784. The Morgan fingerprint density at radius 3 is 2.55 bits per heavy atom. The first-order valence-corrected chi connectivity index (χ1v) is 11.0. The molecule has 0 bridgehead atoms. The van der Waals surface area contributed by atoms with Crippen LogP contribution >= 0.6 is 11.3 Å². The zero-order valence-electron chi connectivity index (χ0n) is 17.3. The van der Waals surface area contributed by atoms with Gasteiger partial charge in [-0.3, -0.25) is 9.69 Å². The summed E-state index contributed by atoms with van der Waals surface area (Å²) in [4.78, 5) is 21.6. The Labute approximate surface area is 175 Å². The Balaban J connectivity index is 1.66. The molecule has 29 heavy (non-hydrogen) atoms. The van der Waals surface area contributed by atoms with E-state index in [0.717, 1.165) is 59.3 Å². The number of nitrogens with one attached hydrogen (secondary N) is 1. The Kier molecular flexibility index (Phi) is 5.94. The number of carbonyl (C=O) groups excluding carboxylic acids is 1. The van der Waals surface area contributed by atoms with Gasteiger partial charge in [-0.1, -0.05) is 35.1 Å². The molecule has 1 amide bonds. The third-order valence-electron chi connectivity index (χ3n) is 5.48. The largest absolute Gasteiger partial charge is 0.370 e. The Bertz CT molecular complexity index is 1010. The van der Waals surface area contributed by atoms with E-state index in [4.69, 9.17) is 9.72 Å². The zero-order valence-corrected chi connectivity index (χ0v) is 18.1. The van der Waals surface area contributed by atoms with Gasteiger partial charge in [-0.15, -0.1) is 0 Å². The minimum Gasteiger partial charge on any atom is -0.370 e. The molecule has 6 heteroatoms. The van der Waals surface area contributed by atoms with E-state index in [1.54, 1.807) is 11.3 Å². The number of rotatable bonds is 5. The summed E-state index contributed by atoms with van der Waals surface area (Å²) in [5.41, 5.74) is 5.23. The molecule has 1 fully saturated rings. The number of carbonyl (C=O) groups is 1. The first-order chi connectivity index (χ1) is 14.0. The highest BCUT2D eigenvalue weighted by Gasteiger charge is 2.24. The van der Waals surface area contributed by atoms with Gasteiger partial charge in [0.25, 0.3) is 5.91 Å². The first-order valence-electron chi connectivity index (χ1n) is 10.2. The van der Waals surface area contributed by atoms with Gasteiger partial charge >= 0.3 is 0 Å². The van der Waals surface area contributed by atoms with Crippen LogP contribution in [0, 0.1) is 20.8 Å². The second-order valence-electron chi connectivity index (χ2n) is 7.86. The molecule has 152 valence electrons. The van der Waals surface area contributed by atoms with Gasteiger partial charge in [0, 0.05) is 5.56 Å². The van der Waals surface area contributed by atoms with Crippen LogP contribution in [0.25, 0.3) is 10.2 Å². The van der Waals surface area contributed by atoms with Gasteiger partial charge in [-0.05, 0) is 50.1 Å². The first kappa shape index (κ1) is 20.0. The Hall–Kier alpha value is -2.28. The van der Waals surface area contributed by atoms with E-state index < -0.39 is 0 Å². The molecule has 5 nitrogen and oxygen atoms in total. The number of amides is 1. The Morgan fingerprint density at radius 2 is 1.83 bits per heavy atom. The molecule has 1 saturated heterocycles. The highest BCUT2D eigenvalue weighted by Crippen LogP contribution is 2.32. The van der Waals surface area contributed by atoms with Gasteiger partial charge in [0.05, 0.1) is 36.5 Å². The van der Waals surface area contributed by atoms with E-state index in [1.807, 2.05) is 36.1 Å². The molecule has 3 aromatic rings. The fourth-order valence-corrected chi connectivity index (χ4v) is 4.96. The number of morpholine rings is 1. The van der Waals surface area contributed by atoms with Crippen LogP contribution in [0.5, 0.6) is 0 Å². The highest BCUT2D eigenvalue weighted by molar-refractivity contribution is 7.22. The SMILES string of the molecule is Cc1ccc(C(=O)N(CC[NH+]2CCOCC2)c2nc3c(C)cc(C)cc3s2)cc1. The number of quaternary nitrogens is 1. The predicted molar refractivity (Wildman–Crippen MR) is 118 cm³/mol. The van der Waals surface area contributed by atoms with Gasteiger partial charge in [0.15, 0.2) is 5.13 Å². The van der Waals surface area contributed by atoms with Crippen molar-refractivity contribution in [3.05, 3.63) is 58.7 Å². The molecule has 0 saturated carbocycles. The van der Waals surface area contributed by atoms with Crippen LogP contribution in [0.1, 0.15) is 27.0 Å². The van der Waals surface area contributed by atoms with Crippen molar-refractivity contribution in [3.8, 4) is 0 Å². The number of ether oxygens (including phenoxy) is 1. The molecular formula is C23H28N3O2S+. The second kappa shape index (κ2) is 8.61. The summed E-state index contributed by atoms with van der Waals surface area (Å²) in [6.07, 6.45) is 0. The van der Waals surface area contributed by atoms with Crippen LogP contribution < -0.4 is 9.80 Å². The minimum atomic E-state index is 0.0195. The van der Waals surface area contributed by atoms with Crippen LogP contribution in [0.2, 0.25) is 0 Å². The van der Waals surface area contributed by atoms with Crippen molar-refractivity contribution in [1.29, 1.82) is 0 Å². The molecule has 0 atom stereocenters. The molecule has 1 aromatic heterocycles. The van der Waals surface area contributed by atoms with Crippen LogP contribution in [-0.4, -0.2) is 50.3 Å². The number of hydrogen-bond acceptors (Lipinski definition) is 4. The predicted octanol–water partition coefficient (Wildman–Crippen LogP) is 2.78. The number of nitrogens with zero attached hydrogens (tertiary/aromatic N) is 2. The number of hydrogen-bond donors (Lipinski definition) is 1. The van der Waals surface area contributed by atoms with Crippen LogP contribution in [0.15, 0.2) is 36.4 Å². The van der Waals surface area contributed by atoms with E-state index in [2.05, 4.69) is 26.0 Å². The normalized spacial score (nSPS) is 15.0. The van der Waals surface area contributed by atoms with E-state index >= 15 is 0 Å². The number of anilines is 1. The van der Waals surface area contributed by atoms with Crippen LogP contribution in [-0.2, 0) is 4.74 Å². The molecule has 0 radical (unpaired) electrons. The minimum absolute atomic E-state index is 0.0195. The lowest BCUT2D eigenvalue weighted by Gasteiger charge is -2.27. The van der Waals surface area contributed by atoms with Crippen molar-refractivity contribution in [1.82, 2.24) is 4.98 Å². The lowest BCUT2D eigenvalue weighted by Crippen LogP contribution is -3.14. The number of benzene rings is 2. The van der Waals surface area contributed by atoms with Crippen molar-refractivity contribution >= 4 is 32.6 Å². The molecular weight excluding hydrogens is 382 g/mol. The molecule has 1 aliphatic rings. The molecule has 1 N–H and O–H groups in total. The number of aromatic nitrogens is 1. The number of aryl methyl sites for hydroxylation is 3. The topological polar surface area (TPSA) is 46.9 Å². The van der Waals surface area contributed by atoms with E-state index in [-0.39, 0.29) is 5.91 Å². The lowest BCUT2D eigenvalue weighted by molar-refractivity contribution is -0.906. The monoisotopic (exact) mass is 410 g/mol. The molecule has 0 spiro atoms. The van der Waals surface area contributed by atoms with E-state index in [1.165, 1.54) is 10.5 Å². The van der Waals surface area contributed by atoms with E-state index in [9.17, 15) is 4.79 Å². The fraction of sp³-hybridized carbons (Fsp3) is 0.391. The van der Waals surface area contributed by atoms with Crippen molar-refractivity contribution in [2.45, 2.75) is 20.8 Å². The quantitative estimate of drug-likeness (QED) is 0.704. The average molecular weight is 411 g/mol. The number of thiazole rings is 1. The second-order valence-corrected chi connectivity index (χ2v) is 8.87. The van der Waals surface area contributed by atoms with Gasteiger partial charge < -0.3 is 9.64 Å². The maximum atomic E-state index is 13.4. The summed E-state index contributed by atoms with van der Waals surface area (Å²) in [7, 11) is 0. The standard InChI is InChI=1S/C23H27N3O2S/c1-16-4-6-19(7-5-16)22(27)26(9-8-25-10-12-28-13-11-25)23-24-21-18(3)14-17(2)15-20(21)29-23/h4-7,14-15H,8-13H2,1-3H3/p+1. The Morgan fingerprint density at radius 1 is 1.10 bits per heavy atom. The van der Waals surface area contributed by atoms with Crippen molar-refractivity contribution in [2.24, 2.45) is 0 Å². The van der Waals surface area contributed by atoms with Gasteiger partial charge in [-0.25, -0.2) is 4.98 Å². The maximum absolute atomic E-state index is 13.4. The van der Waals surface area contributed by atoms with Crippen molar-refractivity contribution < 1.29 is 14.4 Å². The van der Waals surface area contributed by atoms with Crippen LogP contribution in [0.3, 0.4) is 0 Å². The molecule has 4 rings (SSSR count). The van der Waals surface area contributed by atoms with Crippen LogP contribution in [0.4, 0.5) is 5.13 Å². The van der Waals surface area contributed by atoms with Gasteiger partial charge in [0.2, 0.25) is 0 Å². The van der Waals surface area contributed by atoms with Crippen molar-refractivity contribution in [2.75, 3.05) is 44.3 Å².